The van der Waals surface area contributed by atoms with Gasteiger partial charge in [0.15, 0.2) is 0 Å². The molecule has 0 aromatic heterocycles. The van der Waals surface area contributed by atoms with Crippen LogP contribution in [0.5, 0.6) is 0 Å². The Bertz CT molecular complexity index is 172. The predicted molar refractivity (Wildman–Crippen MR) is 56.8 cm³/mol. The second-order valence-electron chi connectivity index (χ2n) is 3.76. The topological polar surface area (TPSA) is 66.6 Å². The molecule has 84 valence electrons. The summed E-state index contributed by atoms with van der Waals surface area (Å²) in [6, 6.07) is -0.423. The van der Waals surface area contributed by atoms with Gasteiger partial charge in [-0.3, -0.25) is 4.79 Å². The molecule has 0 unspecified atom stereocenters. The maximum absolute atomic E-state index is 11.7. The lowest BCUT2D eigenvalue weighted by Gasteiger charge is -2.25. The van der Waals surface area contributed by atoms with Crippen molar-refractivity contribution in [3.63, 3.8) is 0 Å². The van der Waals surface area contributed by atoms with Gasteiger partial charge in [0.2, 0.25) is 5.91 Å². The number of carbonyl (C=O) groups excluding carboxylic acids is 1. The Hall–Kier alpha value is -0.610. The first-order valence-electron chi connectivity index (χ1n) is 5.19. The summed E-state index contributed by atoms with van der Waals surface area (Å²) in [5.74, 6) is 0.140. The Morgan fingerprint density at radius 3 is 2.43 bits per heavy atom. The molecule has 1 amide bonds. The van der Waals surface area contributed by atoms with Crippen LogP contribution in [0.15, 0.2) is 0 Å². The van der Waals surface area contributed by atoms with Gasteiger partial charge in [-0.05, 0) is 19.3 Å². The molecule has 0 aliphatic heterocycles. The Morgan fingerprint density at radius 2 is 2.07 bits per heavy atom. The Labute approximate surface area is 86.1 Å². The van der Waals surface area contributed by atoms with Crippen molar-refractivity contribution in [1.82, 2.24) is 4.90 Å². The van der Waals surface area contributed by atoms with Crippen LogP contribution in [-0.4, -0.2) is 41.7 Å². The van der Waals surface area contributed by atoms with Crippen LogP contribution in [0.25, 0.3) is 0 Å². The van der Waals surface area contributed by atoms with E-state index in [2.05, 4.69) is 0 Å². The standard InChI is InChI=1S/C10H22N2O2/c1-4-12(6-5-7-13)10(14)9(11)8(2)3/h8-9,13H,4-7,11H2,1-3H3/t9-/m1/s1. The maximum atomic E-state index is 11.7. The van der Waals surface area contributed by atoms with E-state index in [-0.39, 0.29) is 18.4 Å². The van der Waals surface area contributed by atoms with Crippen molar-refractivity contribution in [3.05, 3.63) is 0 Å². The van der Waals surface area contributed by atoms with Gasteiger partial charge in [0, 0.05) is 19.7 Å². The molecule has 3 N–H and O–H groups in total. The minimum Gasteiger partial charge on any atom is -0.396 e. The number of rotatable bonds is 6. The average molecular weight is 202 g/mol. The van der Waals surface area contributed by atoms with E-state index >= 15 is 0 Å². The van der Waals surface area contributed by atoms with Gasteiger partial charge in [0.1, 0.15) is 0 Å². The zero-order valence-corrected chi connectivity index (χ0v) is 9.36. The SMILES string of the molecule is CCN(CCCO)C(=O)[C@H](N)C(C)C. The number of hydrogen-bond donors (Lipinski definition) is 2. The first-order chi connectivity index (χ1) is 6.54. The maximum Gasteiger partial charge on any atom is 0.239 e. The number of nitrogens with two attached hydrogens (primary N) is 1. The third kappa shape index (κ3) is 4.07. The first-order valence-corrected chi connectivity index (χ1v) is 5.19. The van der Waals surface area contributed by atoms with E-state index in [0.29, 0.717) is 19.5 Å². The van der Waals surface area contributed by atoms with Gasteiger partial charge >= 0.3 is 0 Å². The quantitative estimate of drug-likeness (QED) is 0.646. The second kappa shape index (κ2) is 6.79. The van der Waals surface area contributed by atoms with Crippen molar-refractivity contribution in [2.75, 3.05) is 19.7 Å². The fourth-order valence-corrected chi connectivity index (χ4v) is 1.18. The molecule has 0 fully saturated rings. The minimum absolute atomic E-state index is 0.0176. The van der Waals surface area contributed by atoms with Gasteiger partial charge in [-0.1, -0.05) is 13.8 Å². The van der Waals surface area contributed by atoms with Crippen LogP contribution in [0.2, 0.25) is 0 Å². The van der Waals surface area contributed by atoms with Crippen molar-refractivity contribution < 1.29 is 9.90 Å². The number of aliphatic hydroxyl groups excluding tert-OH is 1. The molecule has 0 radical (unpaired) electrons. The summed E-state index contributed by atoms with van der Waals surface area (Å²) in [6.07, 6.45) is 0.615. The third-order valence-corrected chi connectivity index (χ3v) is 2.28. The summed E-state index contributed by atoms with van der Waals surface area (Å²) in [6.45, 7) is 7.14. The van der Waals surface area contributed by atoms with Crippen molar-refractivity contribution in [3.8, 4) is 0 Å². The number of likely N-dealkylation sites (N-methyl/N-ethyl adjacent to an activating group) is 1. The minimum atomic E-state index is -0.423. The summed E-state index contributed by atoms with van der Waals surface area (Å²) in [5.41, 5.74) is 5.75. The molecule has 0 saturated carbocycles. The van der Waals surface area contributed by atoms with E-state index in [1.165, 1.54) is 0 Å². The lowest BCUT2D eigenvalue weighted by molar-refractivity contribution is -0.133. The highest BCUT2D eigenvalue weighted by atomic mass is 16.3. The molecule has 1 atom stereocenters. The molecule has 0 saturated heterocycles. The smallest absolute Gasteiger partial charge is 0.239 e. The van der Waals surface area contributed by atoms with E-state index in [9.17, 15) is 4.79 Å². The number of carbonyl (C=O) groups is 1. The molecule has 0 aliphatic carbocycles. The molecule has 0 heterocycles. The number of nitrogens with zero attached hydrogens (tertiary/aromatic N) is 1. The zero-order valence-electron chi connectivity index (χ0n) is 9.36. The normalized spacial score (nSPS) is 13.0. The van der Waals surface area contributed by atoms with Crippen molar-refractivity contribution in [1.29, 1.82) is 0 Å². The molecule has 14 heavy (non-hydrogen) atoms. The third-order valence-electron chi connectivity index (χ3n) is 2.28. The number of hydrogen-bond acceptors (Lipinski definition) is 3. The van der Waals surface area contributed by atoms with Crippen LogP contribution in [0.1, 0.15) is 27.2 Å². The van der Waals surface area contributed by atoms with Crippen molar-refractivity contribution in [2.45, 2.75) is 33.2 Å². The molecular weight excluding hydrogens is 180 g/mol. The molecule has 0 bridgehead atoms. The summed E-state index contributed by atoms with van der Waals surface area (Å²) < 4.78 is 0. The van der Waals surface area contributed by atoms with Crippen LogP contribution in [0.3, 0.4) is 0 Å². The van der Waals surface area contributed by atoms with Crippen LogP contribution < -0.4 is 5.73 Å². The van der Waals surface area contributed by atoms with Crippen molar-refractivity contribution >= 4 is 5.91 Å². The van der Waals surface area contributed by atoms with E-state index in [1.54, 1.807) is 4.90 Å². The van der Waals surface area contributed by atoms with Crippen LogP contribution in [0.4, 0.5) is 0 Å². The van der Waals surface area contributed by atoms with Crippen molar-refractivity contribution in [2.24, 2.45) is 11.7 Å². The summed E-state index contributed by atoms with van der Waals surface area (Å²) in [4.78, 5) is 13.4. The number of aliphatic hydroxyl groups is 1. The summed E-state index contributed by atoms with van der Waals surface area (Å²) in [5, 5.41) is 8.67. The van der Waals surface area contributed by atoms with Gasteiger partial charge in [-0.25, -0.2) is 0 Å². The van der Waals surface area contributed by atoms with E-state index in [4.69, 9.17) is 10.8 Å². The van der Waals surface area contributed by atoms with Gasteiger partial charge in [0.05, 0.1) is 6.04 Å². The Morgan fingerprint density at radius 1 is 1.50 bits per heavy atom. The Balaban J connectivity index is 4.16. The van der Waals surface area contributed by atoms with Crippen LogP contribution >= 0.6 is 0 Å². The van der Waals surface area contributed by atoms with Gasteiger partial charge in [-0.2, -0.15) is 0 Å². The van der Waals surface area contributed by atoms with Crippen LogP contribution in [-0.2, 0) is 4.79 Å². The zero-order chi connectivity index (χ0) is 11.1. The number of amides is 1. The van der Waals surface area contributed by atoms with E-state index < -0.39 is 6.04 Å². The van der Waals surface area contributed by atoms with Gasteiger partial charge in [-0.15, -0.1) is 0 Å². The lowest BCUT2D eigenvalue weighted by Crippen LogP contribution is -2.46. The predicted octanol–water partition coefficient (Wildman–Crippen LogP) is 0.201. The highest BCUT2D eigenvalue weighted by Gasteiger charge is 2.21. The molecule has 0 rings (SSSR count). The summed E-state index contributed by atoms with van der Waals surface area (Å²) in [7, 11) is 0. The lowest BCUT2D eigenvalue weighted by atomic mass is 10.0. The highest BCUT2D eigenvalue weighted by molar-refractivity contribution is 5.81. The molecular formula is C10H22N2O2. The Kier molecular flexibility index (Phi) is 6.49. The molecule has 0 aliphatic rings. The monoisotopic (exact) mass is 202 g/mol. The second-order valence-corrected chi connectivity index (χ2v) is 3.76. The van der Waals surface area contributed by atoms with E-state index in [1.807, 2.05) is 20.8 Å². The molecule has 0 spiro atoms. The molecule has 4 heteroatoms. The van der Waals surface area contributed by atoms with Gasteiger partial charge in [0.25, 0.3) is 0 Å². The average Bonchev–Trinajstić information content (AvgIpc) is 2.17. The fraction of sp³-hybridized carbons (Fsp3) is 0.900. The van der Waals surface area contributed by atoms with Gasteiger partial charge < -0.3 is 15.7 Å². The van der Waals surface area contributed by atoms with E-state index in [0.717, 1.165) is 0 Å². The van der Waals surface area contributed by atoms with Crippen LogP contribution in [0, 0.1) is 5.92 Å². The summed E-state index contributed by atoms with van der Waals surface area (Å²) >= 11 is 0. The molecule has 0 aromatic rings. The molecule has 0 aromatic carbocycles. The fourth-order valence-electron chi connectivity index (χ4n) is 1.18. The molecule has 4 nitrogen and oxygen atoms in total. The highest BCUT2D eigenvalue weighted by Crippen LogP contribution is 2.04. The largest absolute Gasteiger partial charge is 0.396 e. The first kappa shape index (κ1) is 13.4.